The third kappa shape index (κ3) is 3.72. The van der Waals surface area contributed by atoms with Crippen LogP contribution in [0.5, 0.6) is 5.75 Å². The lowest BCUT2D eigenvalue weighted by Crippen LogP contribution is -2.22. The van der Waals surface area contributed by atoms with Crippen LogP contribution in [0.3, 0.4) is 0 Å². The molecular weight excluding hydrogens is 400 g/mol. The van der Waals surface area contributed by atoms with Crippen LogP contribution in [0.4, 0.5) is 23.2 Å². The number of fused-ring (bicyclic) bond motifs is 1. The molecule has 2 heterocycles. The molecule has 154 valence electrons. The normalized spacial score (nSPS) is 13.2. The molecule has 0 saturated carbocycles. The second kappa shape index (κ2) is 7.44. The van der Waals surface area contributed by atoms with Crippen LogP contribution in [-0.2, 0) is 6.42 Å². The Kier molecular flexibility index (Phi) is 4.93. The summed E-state index contributed by atoms with van der Waals surface area (Å²) in [6.45, 7) is 2.62. The third-order valence-corrected chi connectivity index (χ3v) is 4.92. The molecule has 4 rings (SSSR count). The van der Waals surface area contributed by atoms with Gasteiger partial charge in [0.15, 0.2) is 6.21 Å². The number of ether oxygens (including phenoxy) is 1. The van der Waals surface area contributed by atoms with Gasteiger partial charge >= 0.3 is 6.36 Å². The van der Waals surface area contributed by atoms with Gasteiger partial charge in [-0.3, -0.25) is 9.36 Å². The highest BCUT2D eigenvalue weighted by Gasteiger charge is 2.32. The maximum absolute atomic E-state index is 13.4. The number of hydrogen-bond acceptors (Lipinski definition) is 2. The molecule has 0 N–H and O–H groups in total. The van der Waals surface area contributed by atoms with Crippen molar-refractivity contribution in [3.63, 3.8) is 0 Å². The first-order valence-corrected chi connectivity index (χ1v) is 9.27. The van der Waals surface area contributed by atoms with E-state index in [2.05, 4.69) is 4.74 Å². The molecule has 0 atom stereocenters. The molecule has 30 heavy (non-hydrogen) atoms. The Morgan fingerprint density at radius 2 is 1.73 bits per heavy atom. The van der Waals surface area contributed by atoms with Gasteiger partial charge in [0, 0.05) is 11.9 Å². The van der Waals surface area contributed by atoms with E-state index >= 15 is 0 Å². The van der Waals surface area contributed by atoms with Crippen LogP contribution in [0.25, 0.3) is 16.8 Å². The lowest BCUT2D eigenvalue weighted by molar-refractivity contribution is -0.427. The summed E-state index contributed by atoms with van der Waals surface area (Å²) < 4.78 is 57.9. The number of aromatic nitrogens is 1. The molecular formula is C22H17F4N2O2+. The van der Waals surface area contributed by atoms with Crippen LogP contribution < -0.4 is 10.3 Å². The minimum absolute atomic E-state index is 0.257. The zero-order valence-electron chi connectivity index (χ0n) is 15.9. The molecule has 0 spiro atoms. The highest BCUT2D eigenvalue weighted by atomic mass is 19.4. The predicted molar refractivity (Wildman–Crippen MR) is 104 cm³/mol. The van der Waals surface area contributed by atoms with Gasteiger partial charge in [-0.25, -0.2) is 8.97 Å². The van der Waals surface area contributed by atoms with Crippen molar-refractivity contribution < 1.29 is 26.9 Å². The molecule has 2 aromatic carbocycles. The summed E-state index contributed by atoms with van der Waals surface area (Å²) in [5, 5.41) is 0. The summed E-state index contributed by atoms with van der Waals surface area (Å²) in [5.41, 5.74) is 2.95. The van der Waals surface area contributed by atoms with Crippen LogP contribution in [0.1, 0.15) is 12.5 Å². The largest absolute Gasteiger partial charge is 0.573 e. The summed E-state index contributed by atoms with van der Waals surface area (Å²) in [6, 6.07) is 11.0. The molecule has 4 nitrogen and oxygen atoms in total. The van der Waals surface area contributed by atoms with Crippen LogP contribution >= 0.6 is 0 Å². The highest BCUT2D eigenvalue weighted by Crippen LogP contribution is 2.35. The SMILES string of the molecule is CC[N+]1=CCc2c1c(-c1ccc(F)cc1)cn(-c1ccc(OC(F)(F)F)cc1)c2=O. The van der Waals surface area contributed by atoms with E-state index < -0.39 is 6.36 Å². The van der Waals surface area contributed by atoms with Crippen LogP contribution in [-0.4, -0.2) is 28.3 Å². The van der Waals surface area contributed by atoms with Crippen molar-refractivity contribution in [3.8, 4) is 22.6 Å². The fourth-order valence-corrected chi connectivity index (χ4v) is 3.59. The van der Waals surface area contributed by atoms with E-state index in [-0.39, 0.29) is 17.1 Å². The van der Waals surface area contributed by atoms with E-state index in [0.29, 0.717) is 24.2 Å². The molecule has 1 aliphatic rings. The monoisotopic (exact) mass is 417 g/mol. The van der Waals surface area contributed by atoms with Gasteiger partial charge in [-0.05, 0) is 48.9 Å². The average molecular weight is 417 g/mol. The Balaban J connectivity index is 1.85. The minimum atomic E-state index is -4.79. The quantitative estimate of drug-likeness (QED) is 0.450. The minimum Gasteiger partial charge on any atom is -0.406 e. The summed E-state index contributed by atoms with van der Waals surface area (Å²) >= 11 is 0. The molecule has 0 fully saturated rings. The topological polar surface area (TPSA) is 34.2 Å². The maximum atomic E-state index is 13.4. The van der Waals surface area contributed by atoms with Crippen LogP contribution in [0, 0.1) is 5.82 Å². The van der Waals surface area contributed by atoms with Crippen molar-refractivity contribution in [2.45, 2.75) is 19.7 Å². The summed E-state index contributed by atoms with van der Waals surface area (Å²) in [4.78, 5) is 13.1. The standard InChI is InChI=1S/C22H17F4N2O2/c1-2-27-12-11-18-20(27)19(14-3-5-15(23)6-4-14)13-28(21(18)29)16-7-9-17(10-8-16)30-22(24,25)26/h3-10,12-13H,2,11H2,1H3/q+1. The third-order valence-electron chi connectivity index (χ3n) is 4.92. The molecule has 0 amide bonds. The van der Waals surface area contributed by atoms with E-state index in [4.69, 9.17) is 0 Å². The molecule has 1 aliphatic heterocycles. The Bertz CT molecular complexity index is 1180. The van der Waals surface area contributed by atoms with Gasteiger partial charge in [-0.15, -0.1) is 13.2 Å². The number of benzene rings is 2. The van der Waals surface area contributed by atoms with Crippen LogP contribution in [0.2, 0.25) is 0 Å². The van der Waals surface area contributed by atoms with E-state index in [9.17, 15) is 22.4 Å². The van der Waals surface area contributed by atoms with Gasteiger partial charge in [-0.2, -0.15) is 0 Å². The Morgan fingerprint density at radius 1 is 1.07 bits per heavy atom. The summed E-state index contributed by atoms with van der Waals surface area (Å²) in [7, 11) is 0. The van der Waals surface area contributed by atoms with E-state index in [1.54, 1.807) is 18.3 Å². The second-order valence-electron chi connectivity index (χ2n) is 6.77. The summed E-state index contributed by atoms with van der Waals surface area (Å²) in [5.74, 6) is -0.743. The molecule has 8 heteroatoms. The van der Waals surface area contributed by atoms with Gasteiger partial charge in [0.1, 0.15) is 18.1 Å². The first kappa shape index (κ1) is 19.9. The summed E-state index contributed by atoms with van der Waals surface area (Å²) in [6.07, 6.45) is -0.799. The van der Waals surface area contributed by atoms with E-state index in [1.807, 2.05) is 17.7 Å². The molecule has 0 bridgehead atoms. The Morgan fingerprint density at radius 3 is 2.33 bits per heavy atom. The number of pyridine rings is 1. The Hall–Kier alpha value is -3.42. The fraction of sp³-hybridized carbons (Fsp3) is 0.182. The highest BCUT2D eigenvalue weighted by molar-refractivity contribution is 5.80. The van der Waals surface area contributed by atoms with Gasteiger partial charge in [-0.1, -0.05) is 12.1 Å². The Labute approximate surface area is 169 Å². The number of halogens is 4. The smallest absolute Gasteiger partial charge is 0.406 e. The van der Waals surface area contributed by atoms with E-state index in [1.165, 1.54) is 28.8 Å². The van der Waals surface area contributed by atoms with Crippen LogP contribution in [0.15, 0.2) is 59.5 Å². The molecule has 0 unspecified atom stereocenters. The fourth-order valence-electron chi connectivity index (χ4n) is 3.59. The number of hydrogen-bond donors (Lipinski definition) is 0. The lowest BCUT2D eigenvalue weighted by Gasteiger charge is -2.13. The van der Waals surface area contributed by atoms with Gasteiger partial charge < -0.3 is 4.74 Å². The molecule has 0 radical (unpaired) electrons. The molecule has 0 aliphatic carbocycles. The average Bonchev–Trinajstić information content (AvgIpc) is 3.14. The lowest BCUT2D eigenvalue weighted by atomic mass is 10.0. The zero-order chi connectivity index (χ0) is 21.5. The van der Waals surface area contributed by atoms with Gasteiger partial charge in [0.25, 0.3) is 5.56 Å². The maximum Gasteiger partial charge on any atom is 0.573 e. The van der Waals surface area contributed by atoms with Crippen molar-refractivity contribution in [2.75, 3.05) is 6.54 Å². The first-order valence-electron chi connectivity index (χ1n) is 9.27. The molecule has 0 saturated heterocycles. The molecule has 1 aromatic heterocycles. The second-order valence-corrected chi connectivity index (χ2v) is 6.77. The molecule has 3 aromatic rings. The van der Waals surface area contributed by atoms with E-state index in [0.717, 1.165) is 28.9 Å². The zero-order valence-corrected chi connectivity index (χ0v) is 15.9. The van der Waals surface area contributed by atoms with Gasteiger partial charge in [0.2, 0.25) is 5.69 Å². The van der Waals surface area contributed by atoms with Crippen molar-refractivity contribution in [1.29, 1.82) is 0 Å². The number of nitrogens with zero attached hydrogens (tertiary/aromatic N) is 2. The predicted octanol–water partition coefficient (Wildman–Crippen LogP) is 4.83. The first-order chi connectivity index (χ1) is 14.3. The number of alkyl halides is 3. The van der Waals surface area contributed by atoms with Crippen molar-refractivity contribution in [2.24, 2.45) is 0 Å². The van der Waals surface area contributed by atoms with Crippen molar-refractivity contribution in [1.82, 2.24) is 4.57 Å². The van der Waals surface area contributed by atoms with Crippen molar-refractivity contribution in [3.05, 3.63) is 76.5 Å². The van der Waals surface area contributed by atoms with Crippen molar-refractivity contribution >= 4 is 11.9 Å². The van der Waals surface area contributed by atoms with Gasteiger partial charge in [0.05, 0.1) is 17.5 Å². The number of rotatable bonds is 4.